The Labute approximate surface area is 71.1 Å². The SMILES string of the molecule is COC1(C)NN(C)C=C1C(N)=O. The van der Waals surface area contributed by atoms with E-state index < -0.39 is 11.6 Å². The van der Waals surface area contributed by atoms with Crippen molar-refractivity contribution in [3.05, 3.63) is 11.8 Å². The second-order valence-electron chi connectivity index (χ2n) is 2.87. The lowest BCUT2D eigenvalue weighted by Gasteiger charge is -2.26. The Morgan fingerprint density at radius 3 is 2.75 bits per heavy atom. The number of amides is 1. The van der Waals surface area contributed by atoms with Gasteiger partial charge in [-0.3, -0.25) is 4.79 Å². The average Bonchev–Trinajstić information content (AvgIpc) is 2.27. The summed E-state index contributed by atoms with van der Waals surface area (Å²) in [5, 5.41) is 1.64. The summed E-state index contributed by atoms with van der Waals surface area (Å²) in [7, 11) is 3.29. The first-order valence-electron chi connectivity index (χ1n) is 3.57. The summed E-state index contributed by atoms with van der Waals surface area (Å²) >= 11 is 0. The zero-order valence-electron chi connectivity index (χ0n) is 7.42. The summed E-state index contributed by atoms with van der Waals surface area (Å²) in [6.45, 7) is 1.74. The fourth-order valence-electron chi connectivity index (χ4n) is 1.20. The molecule has 5 nitrogen and oxygen atoms in total. The lowest BCUT2D eigenvalue weighted by molar-refractivity contribution is -0.117. The standard InChI is InChI=1S/C7H13N3O2/c1-7(12-3)5(6(8)11)4-10(2)9-7/h4,9H,1-3H3,(H2,8,11). The van der Waals surface area contributed by atoms with Gasteiger partial charge in [-0.05, 0) is 6.92 Å². The van der Waals surface area contributed by atoms with Gasteiger partial charge in [-0.15, -0.1) is 0 Å². The molecule has 0 aromatic heterocycles. The molecule has 0 aromatic rings. The van der Waals surface area contributed by atoms with Crippen molar-refractivity contribution >= 4 is 5.91 Å². The molecule has 0 bridgehead atoms. The van der Waals surface area contributed by atoms with Gasteiger partial charge in [0.15, 0.2) is 5.72 Å². The van der Waals surface area contributed by atoms with Crippen molar-refractivity contribution in [2.24, 2.45) is 5.73 Å². The van der Waals surface area contributed by atoms with E-state index in [-0.39, 0.29) is 0 Å². The second kappa shape index (κ2) is 2.76. The van der Waals surface area contributed by atoms with Gasteiger partial charge in [-0.25, -0.2) is 5.43 Å². The van der Waals surface area contributed by atoms with Gasteiger partial charge in [-0.2, -0.15) is 0 Å². The molecule has 1 unspecified atom stereocenters. The van der Waals surface area contributed by atoms with Gasteiger partial charge in [0, 0.05) is 20.4 Å². The summed E-state index contributed by atoms with van der Waals surface area (Å²) < 4.78 is 5.12. The molecule has 0 aliphatic carbocycles. The van der Waals surface area contributed by atoms with Crippen LogP contribution in [0.25, 0.3) is 0 Å². The van der Waals surface area contributed by atoms with E-state index in [0.717, 1.165) is 0 Å². The highest BCUT2D eigenvalue weighted by Gasteiger charge is 2.37. The van der Waals surface area contributed by atoms with Crippen molar-refractivity contribution in [3.8, 4) is 0 Å². The minimum absolute atomic E-state index is 0.424. The van der Waals surface area contributed by atoms with Crippen LogP contribution in [0.3, 0.4) is 0 Å². The zero-order chi connectivity index (χ0) is 9.35. The Bertz CT molecular complexity index is 239. The van der Waals surface area contributed by atoms with E-state index in [4.69, 9.17) is 10.5 Å². The molecule has 1 atom stereocenters. The molecule has 1 aliphatic heterocycles. The third kappa shape index (κ3) is 1.28. The molecule has 5 heteroatoms. The topological polar surface area (TPSA) is 67.6 Å². The first-order valence-corrected chi connectivity index (χ1v) is 3.57. The van der Waals surface area contributed by atoms with E-state index >= 15 is 0 Å². The number of hydrazine groups is 1. The van der Waals surface area contributed by atoms with Crippen LogP contribution in [-0.4, -0.2) is 30.8 Å². The van der Waals surface area contributed by atoms with Crippen LogP contribution in [0.1, 0.15) is 6.92 Å². The highest BCUT2D eigenvalue weighted by molar-refractivity contribution is 5.94. The number of nitrogens with zero attached hydrogens (tertiary/aromatic N) is 1. The van der Waals surface area contributed by atoms with Crippen LogP contribution in [-0.2, 0) is 9.53 Å². The molecule has 1 heterocycles. The molecule has 68 valence electrons. The highest BCUT2D eigenvalue weighted by atomic mass is 16.5. The Morgan fingerprint density at radius 1 is 1.83 bits per heavy atom. The second-order valence-corrected chi connectivity index (χ2v) is 2.87. The van der Waals surface area contributed by atoms with Crippen molar-refractivity contribution in [1.29, 1.82) is 0 Å². The molecular weight excluding hydrogens is 158 g/mol. The van der Waals surface area contributed by atoms with Crippen molar-refractivity contribution < 1.29 is 9.53 Å². The zero-order valence-corrected chi connectivity index (χ0v) is 7.42. The van der Waals surface area contributed by atoms with Gasteiger partial charge >= 0.3 is 0 Å². The Kier molecular flexibility index (Phi) is 2.08. The molecule has 0 saturated heterocycles. The Balaban J connectivity index is 2.94. The number of ether oxygens (including phenoxy) is 1. The van der Waals surface area contributed by atoms with E-state index in [0.29, 0.717) is 5.57 Å². The third-order valence-corrected chi connectivity index (χ3v) is 1.90. The maximum atomic E-state index is 10.9. The minimum atomic E-state index is -0.791. The van der Waals surface area contributed by atoms with E-state index in [1.54, 1.807) is 25.2 Å². The number of rotatable bonds is 2. The van der Waals surface area contributed by atoms with Gasteiger partial charge < -0.3 is 15.5 Å². The van der Waals surface area contributed by atoms with Gasteiger partial charge in [-0.1, -0.05) is 0 Å². The summed E-state index contributed by atoms with van der Waals surface area (Å²) in [6.07, 6.45) is 1.62. The molecule has 12 heavy (non-hydrogen) atoms. The molecule has 0 fully saturated rings. The van der Waals surface area contributed by atoms with Crippen LogP contribution < -0.4 is 11.2 Å². The van der Waals surface area contributed by atoms with Crippen LogP contribution >= 0.6 is 0 Å². The number of carbonyl (C=O) groups is 1. The number of hydrogen-bond acceptors (Lipinski definition) is 4. The van der Waals surface area contributed by atoms with Crippen molar-refractivity contribution in [3.63, 3.8) is 0 Å². The number of nitrogens with two attached hydrogens (primary N) is 1. The molecule has 0 saturated carbocycles. The molecule has 0 spiro atoms. The normalized spacial score (nSPS) is 28.9. The van der Waals surface area contributed by atoms with Gasteiger partial charge in [0.1, 0.15) is 0 Å². The molecule has 1 amide bonds. The fraction of sp³-hybridized carbons (Fsp3) is 0.571. The van der Waals surface area contributed by atoms with E-state index in [1.165, 1.54) is 7.11 Å². The van der Waals surface area contributed by atoms with Crippen LogP contribution in [0.2, 0.25) is 0 Å². The third-order valence-electron chi connectivity index (χ3n) is 1.90. The summed E-state index contributed by atoms with van der Waals surface area (Å²) in [5.74, 6) is -0.476. The molecular formula is C7H13N3O2. The highest BCUT2D eigenvalue weighted by Crippen LogP contribution is 2.22. The van der Waals surface area contributed by atoms with Crippen LogP contribution in [0.4, 0.5) is 0 Å². The van der Waals surface area contributed by atoms with Gasteiger partial charge in [0.05, 0.1) is 5.57 Å². The van der Waals surface area contributed by atoms with Crippen molar-refractivity contribution in [2.75, 3.05) is 14.2 Å². The number of hydrogen-bond donors (Lipinski definition) is 2. The number of carbonyl (C=O) groups excluding carboxylic acids is 1. The van der Waals surface area contributed by atoms with Crippen LogP contribution in [0, 0.1) is 0 Å². The Morgan fingerprint density at radius 2 is 2.42 bits per heavy atom. The fourth-order valence-corrected chi connectivity index (χ4v) is 1.20. The number of nitrogens with one attached hydrogen (secondary N) is 1. The van der Waals surface area contributed by atoms with Crippen LogP contribution in [0.5, 0.6) is 0 Å². The molecule has 0 radical (unpaired) electrons. The first kappa shape index (κ1) is 9.02. The predicted molar refractivity (Wildman–Crippen MR) is 43.6 cm³/mol. The predicted octanol–water partition coefficient (Wildman–Crippen LogP) is -0.832. The quantitative estimate of drug-likeness (QED) is 0.569. The maximum absolute atomic E-state index is 10.9. The summed E-state index contributed by atoms with van der Waals surface area (Å²) in [6, 6.07) is 0. The van der Waals surface area contributed by atoms with E-state index in [9.17, 15) is 4.79 Å². The summed E-state index contributed by atoms with van der Waals surface area (Å²) in [5.41, 5.74) is 7.72. The number of primary amides is 1. The summed E-state index contributed by atoms with van der Waals surface area (Å²) in [4.78, 5) is 10.9. The molecule has 0 aromatic carbocycles. The first-order chi connectivity index (χ1) is 5.49. The average molecular weight is 171 g/mol. The van der Waals surface area contributed by atoms with E-state index in [1.807, 2.05) is 0 Å². The molecule has 1 rings (SSSR count). The van der Waals surface area contributed by atoms with Crippen LogP contribution in [0.15, 0.2) is 11.8 Å². The van der Waals surface area contributed by atoms with E-state index in [2.05, 4.69) is 5.43 Å². The minimum Gasteiger partial charge on any atom is -0.366 e. The van der Waals surface area contributed by atoms with Crippen molar-refractivity contribution in [1.82, 2.24) is 10.4 Å². The largest absolute Gasteiger partial charge is 0.366 e. The lowest BCUT2D eigenvalue weighted by Crippen LogP contribution is -2.48. The van der Waals surface area contributed by atoms with Crippen molar-refractivity contribution in [2.45, 2.75) is 12.6 Å². The monoisotopic (exact) mass is 171 g/mol. The maximum Gasteiger partial charge on any atom is 0.250 e. The molecule has 3 N–H and O–H groups in total. The Hall–Kier alpha value is -1.07. The molecule has 1 aliphatic rings. The van der Waals surface area contributed by atoms with Gasteiger partial charge in [0.25, 0.3) is 5.91 Å². The lowest BCUT2D eigenvalue weighted by atomic mass is 10.1. The van der Waals surface area contributed by atoms with Gasteiger partial charge in [0.2, 0.25) is 0 Å². The smallest absolute Gasteiger partial charge is 0.250 e. The number of methoxy groups -OCH3 is 1.